The molecule has 3 aromatic carbocycles. The second-order valence-electron chi connectivity index (χ2n) is 10.7. The molecular formula is C31H37N3O8S. The number of aliphatic hydroxyl groups is 1. The van der Waals surface area contributed by atoms with Crippen LogP contribution >= 0.6 is 0 Å². The van der Waals surface area contributed by atoms with Gasteiger partial charge in [-0.25, -0.2) is 13.2 Å². The molecule has 0 unspecified atom stereocenters. The van der Waals surface area contributed by atoms with Crippen LogP contribution < -0.4 is 15.0 Å². The number of anilines is 1. The van der Waals surface area contributed by atoms with Crippen LogP contribution in [0.5, 0.6) is 11.5 Å². The number of phenolic OH excluding ortho intramolecular Hbond substituents is 1. The molecule has 0 saturated carbocycles. The van der Waals surface area contributed by atoms with Gasteiger partial charge in [-0.1, -0.05) is 56.3 Å². The predicted molar refractivity (Wildman–Crippen MR) is 160 cm³/mol. The number of aliphatic hydroxyl groups excluding tert-OH is 1. The number of sulfonamides is 1. The van der Waals surface area contributed by atoms with Crippen molar-refractivity contribution in [3.63, 3.8) is 0 Å². The smallest absolute Gasteiger partial charge is 0.415 e. The molecule has 2 amide bonds. The third kappa shape index (κ3) is 7.83. The highest BCUT2D eigenvalue weighted by Crippen LogP contribution is 2.30. The van der Waals surface area contributed by atoms with Crippen molar-refractivity contribution in [2.24, 2.45) is 5.92 Å². The van der Waals surface area contributed by atoms with E-state index in [1.807, 2.05) is 44.2 Å². The number of carbonyl (C=O) groups excluding carboxylic acids is 2. The van der Waals surface area contributed by atoms with Crippen LogP contribution in [0.3, 0.4) is 0 Å². The standard InChI is InChI=1S/C31H37N3O8S/c1-21(2)18-33(43(39,40)24-15-13-23(41-3)14-16-24)19-28(36)25(17-22-9-5-4-6-10-22)32-30(37)29-20-34(31(38)42-29)26-11-7-8-12-27(26)35/h4-16,21,25,28-29,35-36H,17-20H2,1-3H3,(H,32,37)/t25-,28+,29-/m0/s1. The molecule has 0 aromatic heterocycles. The van der Waals surface area contributed by atoms with Gasteiger partial charge in [-0.15, -0.1) is 0 Å². The SMILES string of the molecule is COc1ccc(S(=O)(=O)N(CC(C)C)C[C@@H](O)[C@H](Cc2ccccc2)NC(=O)[C@@H]2CN(c3ccccc3O)C(=O)O2)cc1. The molecule has 4 rings (SSSR count). The van der Waals surface area contributed by atoms with Crippen molar-refractivity contribution in [3.8, 4) is 11.5 Å². The first-order valence-electron chi connectivity index (χ1n) is 13.9. The zero-order chi connectivity index (χ0) is 31.1. The first-order valence-corrected chi connectivity index (χ1v) is 15.4. The van der Waals surface area contributed by atoms with Gasteiger partial charge < -0.3 is 25.0 Å². The molecule has 1 saturated heterocycles. The Morgan fingerprint density at radius 1 is 1.05 bits per heavy atom. The number of hydrogen-bond acceptors (Lipinski definition) is 8. The third-order valence-corrected chi connectivity index (χ3v) is 8.87. The van der Waals surface area contributed by atoms with Gasteiger partial charge in [-0.3, -0.25) is 9.69 Å². The summed E-state index contributed by atoms with van der Waals surface area (Å²) >= 11 is 0. The minimum absolute atomic E-state index is 0.0481. The van der Waals surface area contributed by atoms with Gasteiger partial charge in [-0.05, 0) is 54.3 Å². The van der Waals surface area contributed by atoms with Crippen LogP contribution in [0, 0.1) is 5.92 Å². The lowest BCUT2D eigenvalue weighted by atomic mass is 10.0. The Morgan fingerprint density at radius 3 is 2.33 bits per heavy atom. The number of phenols is 1. The predicted octanol–water partition coefficient (Wildman–Crippen LogP) is 3.16. The highest BCUT2D eigenvalue weighted by molar-refractivity contribution is 7.89. The lowest BCUT2D eigenvalue weighted by Gasteiger charge is -2.31. The Kier molecular flexibility index (Phi) is 10.3. The summed E-state index contributed by atoms with van der Waals surface area (Å²) in [4.78, 5) is 27.1. The van der Waals surface area contributed by atoms with Gasteiger partial charge in [0.15, 0.2) is 6.10 Å². The largest absolute Gasteiger partial charge is 0.506 e. The van der Waals surface area contributed by atoms with Crippen molar-refractivity contribution in [2.45, 2.75) is 43.4 Å². The quantitative estimate of drug-likeness (QED) is 0.267. The number of nitrogens with one attached hydrogen (secondary N) is 1. The van der Waals surface area contributed by atoms with E-state index in [2.05, 4.69) is 5.32 Å². The Balaban J connectivity index is 1.55. The second kappa shape index (κ2) is 13.9. The number of cyclic esters (lactones) is 1. The summed E-state index contributed by atoms with van der Waals surface area (Å²) in [5.74, 6) is -0.338. The molecule has 3 aromatic rings. The number of rotatable bonds is 13. The fourth-order valence-corrected chi connectivity index (χ4v) is 6.45. The molecule has 1 aliphatic heterocycles. The maximum atomic E-state index is 13.7. The number of hydrogen-bond donors (Lipinski definition) is 3. The van der Waals surface area contributed by atoms with Crippen LogP contribution in [0.15, 0.2) is 83.8 Å². The highest BCUT2D eigenvalue weighted by Gasteiger charge is 2.40. The van der Waals surface area contributed by atoms with E-state index in [1.165, 1.54) is 35.7 Å². The fraction of sp³-hybridized carbons (Fsp3) is 0.355. The monoisotopic (exact) mass is 611 g/mol. The van der Waals surface area contributed by atoms with E-state index in [1.54, 1.807) is 24.3 Å². The molecule has 230 valence electrons. The number of benzene rings is 3. The van der Waals surface area contributed by atoms with Crippen LogP contribution in [0.4, 0.5) is 10.5 Å². The molecule has 1 fully saturated rings. The maximum absolute atomic E-state index is 13.7. The van der Waals surface area contributed by atoms with Crippen molar-refractivity contribution in [1.29, 1.82) is 0 Å². The van der Waals surface area contributed by atoms with E-state index in [-0.39, 0.29) is 48.3 Å². The summed E-state index contributed by atoms with van der Waals surface area (Å²) in [6.07, 6.45) is -3.14. The number of aromatic hydroxyl groups is 1. The molecular weight excluding hydrogens is 574 g/mol. The lowest BCUT2D eigenvalue weighted by Crippen LogP contribution is -2.53. The zero-order valence-electron chi connectivity index (χ0n) is 24.3. The van der Waals surface area contributed by atoms with Gasteiger partial charge in [-0.2, -0.15) is 4.31 Å². The average Bonchev–Trinajstić information content (AvgIpc) is 3.38. The summed E-state index contributed by atoms with van der Waals surface area (Å²) in [6, 6.07) is 20.4. The second-order valence-corrected chi connectivity index (χ2v) is 12.7. The van der Waals surface area contributed by atoms with Crippen molar-refractivity contribution >= 4 is 27.7 Å². The molecule has 43 heavy (non-hydrogen) atoms. The van der Waals surface area contributed by atoms with Gasteiger partial charge in [0, 0.05) is 13.1 Å². The third-order valence-electron chi connectivity index (χ3n) is 7.02. The number of methoxy groups -OCH3 is 1. The minimum atomic E-state index is -4.01. The molecule has 0 radical (unpaired) electrons. The molecule has 0 aliphatic carbocycles. The molecule has 0 spiro atoms. The summed E-state index contributed by atoms with van der Waals surface area (Å²) in [6.45, 7) is 3.43. The lowest BCUT2D eigenvalue weighted by molar-refractivity contribution is -0.129. The zero-order valence-corrected chi connectivity index (χ0v) is 25.1. The summed E-state index contributed by atoms with van der Waals surface area (Å²) in [7, 11) is -2.52. The molecule has 11 nitrogen and oxygen atoms in total. The molecule has 0 bridgehead atoms. The fourth-order valence-electron chi connectivity index (χ4n) is 4.83. The van der Waals surface area contributed by atoms with Gasteiger partial charge in [0.05, 0.1) is 36.4 Å². The molecule has 1 aliphatic rings. The molecule has 3 atom stereocenters. The van der Waals surface area contributed by atoms with Gasteiger partial charge in [0.25, 0.3) is 5.91 Å². The summed E-state index contributed by atoms with van der Waals surface area (Å²) in [5.41, 5.74) is 1.01. The Labute approximate surface area is 251 Å². The van der Waals surface area contributed by atoms with Crippen molar-refractivity contribution in [1.82, 2.24) is 9.62 Å². The number of para-hydroxylation sites is 2. The van der Waals surface area contributed by atoms with Crippen molar-refractivity contribution in [2.75, 3.05) is 31.6 Å². The van der Waals surface area contributed by atoms with Crippen molar-refractivity contribution < 1.29 is 37.7 Å². The van der Waals surface area contributed by atoms with E-state index in [0.717, 1.165) is 10.5 Å². The number of amides is 2. The summed E-state index contributed by atoms with van der Waals surface area (Å²) < 4.78 is 39.0. The van der Waals surface area contributed by atoms with Gasteiger partial charge in [0.1, 0.15) is 11.5 Å². The average molecular weight is 612 g/mol. The van der Waals surface area contributed by atoms with Crippen LogP contribution in [-0.2, 0) is 26.0 Å². The maximum Gasteiger partial charge on any atom is 0.415 e. The van der Waals surface area contributed by atoms with Crippen LogP contribution in [-0.4, -0.2) is 79.9 Å². The van der Waals surface area contributed by atoms with E-state index in [9.17, 15) is 28.2 Å². The first-order chi connectivity index (χ1) is 20.5. The molecule has 3 N–H and O–H groups in total. The van der Waals surface area contributed by atoms with Crippen LogP contribution in [0.1, 0.15) is 19.4 Å². The number of ether oxygens (including phenoxy) is 2. The highest BCUT2D eigenvalue weighted by atomic mass is 32.2. The van der Waals surface area contributed by atoms with E-state index in [4.69, 9.17) is 9.47 Å². The Bertz CT molecular complexity index is 1500. The summed E-state index contributed by atoms with van der Waals surface area (Å²) in [5, 5.41) is 24.4. The Hall–Kier alpha value is -4.13. The van der Waals surface area contributed by atoms with Crippen LogP contribution in [0.2, 0.25) is 0 Å². The van der Waals surface area contributed by atoms with Crippen molar-refractivity contribution in [3.05, 3.63) is 84.4 Å². The molecule has 12 heteroatoms. The number of nitrogens with zero attached hydrogens (tertiary/aromatic N) is 2. The first kappa shape index (κ1) is 31.8. The minimum Gasteiger partial charge on any atom is -0.506 e. The van der Waals surface area contributed by atoms with E-state index >= 15 is 0 Å². The molecule has 1 heterocycles. The normalized spacial score (nSPS) is 16.7. The van der Waals surface area contributed by atoms with Crippen LogP contribution in [0.25, 0.3) is 0 Å². The Morgan fingerprint density at radius 2 is 1.70 bits per heavy atom. The van der Waals surface area contributed by atoms with Gasteiger partial charge >= 0.3 is 6.09 Å². The number of carbonyl (C=O) groups is 2. The van der Waals surface area contributed by atoms with E-state index in [0.29, 0.717) is 5.75 Å². The van der Waals surface area contributed by atoms with E-state index < -0.39 is 40.3 Å². The topological polar surface area (TPSA) is 146 Å². The van der Waals surface area contributed by atoms with Gasteiger partial charge in [0.2, 0.25) is 10.0 Å².